The topological polar surface area (TPSA) is 132 Å². The molecule has 0 radical (unpaired) electrons. The third kappa shape index (κ3) is 9.69. The highest BCUT2D eigenvalue weighted by molar-refractivity contribution is 5.94. The van der Waals surface area contributed by atoms with E-state index in [2.05, 4.69) is 36.2 Å². The molecule has 0 unspecified atom stereocenters. The molecule has 4 rings (SSSR count). The van der Waals surface area contributed by atoms with E-state index in [1.165, 1.54) is 6.42 Å². The second-order valence-corrected chi connectivity index (χ2v) is 9.05. The van der Waals surface area contributed by atoms with Gasteiger partial charge in [0.15, 0.2) is 0 Å². The lowest BCUT2D eigenvalue weighted by molar-refractivity contribution is 0.0519. The van der Waals surface area contributed by atoms with Gasteiger partial charge in [-0.2, -0.15) is 15.0 Å². The van der Waals surface area contributed by atoms with Crippen LogP contribution in [0.1, 0.15) is 35.2 Å². The molecule has 1 heterocycles. The average Bonchev–Trinajstić information content (AvgIpc) is 2.95. The number of amides is 1. The highest BCUT2D eigenvalue weighted by atomic mass is 16.5. The zero-order chi connectivity index (χ0) is 27.1. The van der Waals surface area contributed by atoms with Crippen molar-refractivity contribution < 1.29 is 19.0 Å². The van der Waals surface area contributed by atoms with E-state index in [-0.39, 0.29) is 5.91 Å². The first-order valence-corrected chi connectivity index (χ1v) is 13.3. The summed E-state index contributed by atoms with van der Waals surface area (Å²) in [4.78, 5) is 25.6. The number of nitrogens with zero attached hydrogens (tertiary/aromatic N) is 3. The fourth-order valence-electron chi connectivity index (χ4n) is 3.74. The zero-order valence-electron chi connectivity index (χ0n) is 22.3. The van der Waals surface area contributed by atoms with Crippen LogP contribution in [0.15, 0.2) is 54.6 Å². The molecular formula is C28H37N7O4. The molecule has 4 N–H and O–H groups in total. The standard InChI is InChI=1S/C28H37N7O4/c1-37-24-12-10-21(11-13-24)20-31-27-33-26(34-28(35-27)32-23-8-5-9-23)30-15-17-39-19-18-38-16-14-29-25(36)22-6-3-2-4-7-22/h2-4,6-7,10-13,23H,5,8-9,14-20H2,1H3,(H,29,36)(H3,30,31,32,33,34,35). The first kappa shape index (κ1) is 28.1. The predicted octanol–water partition coefficient (Wildman–Crippen LogP) is 3.33. The zero-order valence-corrected chi connectivity index (χ0v) is 22.3. The third-order valence-electron chi connectivity index (χ3n) is 6.15. The van der Waals surface area contributed by atoms with Crippen LogP contribution in [-0.2, 0) is 16.0 Å². The fraction of sp³-hybridized carbons (Fsp3) is 0.429. The summed E-state index contributed by atoms with van der Waals surface area (Å²) >= 11 is 0. The Balaban J connectivity index is 1.13. The summed E-state index contributed by atoms with van der Waals surface area (Å²) in [5, 5.41) is 12.7. The van der Waals surface area contributed by atoms with Crippen molar-refractivity contribution in [1.82, 2.24) is 20.3 Å². The van der Waals surface area contributed by atoms with Crippen molar-refractivity contribution in [3.05, 3.63) is 65.7 Å². The number of carbonyl (C=O) groups is 1. The summed E-state index contributed by atoms with van der Waals surface area (Å²) in [7, 11) is 1.65. The van der Waals surface area contributed by atoms with E-state index in [0.717, 1.165) is 24.2 Å². The number of methoxy groups -OCH3 is 1. The van der Waals surface area contributed by atoms with Crippen molar-refractivity contribution in [1.29, 1.82) is 0 Å². The van der Waals surface area contributed by atoms with Gasteiger partial charge in [0, 0.05) is 31.2 Å². The largest absolute Gasteiger partial charge is 0.497 e. The van der Waals surface area contributed by atoms with Crippen LogP contribution < -0.4 is 26.0 Å². The monoisotopic (exact) mass is 535 g/mol. The first-order valence-electron chi connectivity index (χ1n) is 13.3. The molecule has 11 heteroatoms. The predicted molar refractivity (Wildman–Crippen MR) is 150 cm³/mol. The molecule has 39 heavy (non-hydrogen) atoms. The maximum Gasteiger partial charge on any atom is 0.251 e. The van der Waals surface area contributed by atoms with Crippen LogP contribution >= 0.6 is 0 Å². The lowest BCUT2D eigenvalue weighted by Gasteiger charge is -2.26. The Kier molecular flexibility index (Phi) is 11.1. The highest BCUT2D eigenvalue weighted by Crippen LogP contribution is 2.22. The Morgan fingerprint density at radius 2 is 1.49 bits per heavy atom. The number of aromatic nitrogens is 3. The van der Waals surface area contributed by atoms with E-state index in [1.54, 1.807) is 19.2 Å². The van der Waals surface area contributed by atoms with Crippen LogP contribution in [-0.4, -0.2) is 73.5 Å². The quantitative estimate of drug-likeness (QED) is 0.191. The van der Waals surface area contributed by atoms with Crippen molar-refractivity contribution >= 4 is 23.8 Å². The molecule has 208 valence electrons. The first-order chi connectivity index (χ1) is 19.2. The molecule has 2 aromatic carbocycles. The lowest BCUT2D eigenvalue weighted by atomic mass is 9.93. The number of anilines is 3. The number of nitrogens with one attached hydrogen (secondary N) is 4. The van der Waals surface area contributed by atoms with Crippen molar-refractivity contribution in [3.8, 4) is 5.75 Å². The number of benzene rings is 2. The summed E-state index contributed by atoms with van der Waals surface area (Å²) in [5.74, 6) is 2.25. The number of carbonyl (C=O) groups excluding carboxylic acids is 1. The maximum absolute atomic E-state index is 12.0. The van der Waals surface area contributed by atoms with Crippen molar-refractivity contribution in [2.45, 2.75) is 31.8 Å². The minimum atomic E-state index is -0.106. The Labute approximate surface area is 229 Å². The molecule has 1 amide bonds. The molecule has 0 atom stereocenters. The molecule has 1 saturated carbocycles. The van der Waals surface area contributed by atoms with Gasteiger partial charge in [-0.15, -0.1) is 0 Å². The van der Waals surface area contributed by atoms with Gasteiger partial charge in [-0.05, 0) is 49.1 Å². The van der Waals surface area contributed by atoms with Crippen molar-refractivity contribution in [3.63, 3.8) is 0 Å². The summed E-state index contributed by atoms with van der Waals surface area (Å²) in [5.41, 5.74) is 1.73. The molecule has 0 aliphatic heterocycles. The smallest absolute Gasteiger partial charge is 0.251 e. The molecule has 11 nitrogen and oxygen atoms in total. The van der Waals surface area contributed by atoms with E-state index >= 15 is 0 Å². The lowest BCUT2D eigenvalue weighted by Crippen LogP contribution is -2.28. The SMILES string of the molecule is COc1ccc(CNc2nc(NCCOCCOCCNC(=O)c3ccccc3)nc(NC3CCC3)n2)cc1. The molecule has 1 aliphatic carbocycles. The van der Waals surface area contributed by atoms with Gasteiger partial charge in [-0.25, -0.2) is 0 Å². The minimum Gasteiger partial charge on any atom is -0.497 e. The number of ether oxygens (including phenoxy) is 3. The molecular weight excluding hydrogens is 498 g/mol. The van der Waals surface area contributed by atoms with Gasteiger partial charge in [0.25, 0.3) is 5.91 Å². The summed E-state index contributed by atoms with van der Waals surface area (Å²) < 4.78 is 16.4. The minimum absolute atomic E-state index is 0.106. The maximum atomic E-state index is 12.0. The average molecular weight is 536 g/mol. The van der Waals surface area contributed by atoms with E-state index in [0.29, 0.717) is 75.5 Å². The van der Waals surface area contributed by atoms with Crippen LogP contribution in [0.4, 0.5) is 17.8 Å². The molecule has 1 aromatic heterocycles. The second kappa shape index (κ2) is 15.5. The summed E-state index contributed by atoms with van der Waals surface area (Å²) in [6.07, 6.45) is 3.47. The van der Waals surface area contributed by atoms with E-state index < -0.39 is 0 Å². The number of hydrogen-bond acceptors (Lipinski definition) is 10. The van der Waals surface area contributed by atoms with Gasteiger partial charge in [0.05, 0.1) is 33.5 Å². The molecule has 1 aliphatic rings. The van der Waals surface area contributed by atoms with Crippen LogP contribution in [0.2, 0.25) is 0 Å². The van der Waals surface area contributed by atoms with Gasteiger partial charge < -0.3 is 35.5 Å². The van der Waals surface area contributed by atoms with E-state index in [9.17, 15) is 4.79 Å². The normalized spacial score (nSPS) is 12.8. The Hall–Kier alpha value is -3.96. The van der Waals surface area contributed by atoms with Crippen LogP contribution in [0, 0.1) is 0 Å². The van der Waals surface area contributed by atoms with Gasteiger partial charge in [-0.3, -0.25) is 4.79 Å². The van der Waals surface area contributed by atoms with Crippen LogP contribution in [0.25, 0.3) is 0 Å². The summed E-state index contributed by atoms with van der Waals surface area (Å²) in [6, 6.07) is 17.4. The van der Waals surface area contributed by atoms with Crippen LogP contribution in [0.3, 0.4) is 0 Å². The van der Waals surface area contributed by atoms with Crippen LogP contribution in [0.5, 0.6) is 5.75 Å². The summed E-state index contributed by atoms with van der Waals surface area (Å²) in [6.45, 7) is 3.36. The molecule has 0 spiro atoms. The Morgan fingerprint density at radius 1 is 0.821 bits per heavy atom. The second-order valence-electron chi connectivity index (χ2n) is 9.05. The number of rotatable bonds is 17. The van der Waals surface area contributed by atoms with Crippen molar-refractivity contribution in [2.24, 2.45) is 0 Å². The van der Waals surface area contributed by atoms with Crippen molar-refractivity contribution in [2.75, 3.05) is 62.6 Å². The molecule has 0 saturated heterocycles. The molecule has 3 aromatic rings. The Morgan fingerprint density at radius 3 is 2.15 bits per heavy atom. The van der Waals surface area contributed by atoms with Gasteiger partial charge in [0.1, 0.15) is 5.75 Å². The van der Waals surface area contributed by atoms with Gasteiger partial charge in [-0.1, -0.05) is 30.3 Å². The number of hydrogen-bond donors (Lipinski definition) is 4. The van der Waals surface area contributed by atoms with E-state index in [4.69, 9.17) is 14.2 Å². The Bertz CT molecular complexity index is 1140. The van der Waals surface area contributed by atoms with Gasteiger partial charge in [0.2, 0.25) is 17.8 Å². The van der Waals surface area contributed by atoms with Gasteiger partial charge >= 0.3 is 0 Å². The highest BCUT2D eigenvalue weighted by Gasteiger charge is 2.19. The molecule has 1 fully saturated rings. The fourth-order valence-corrected chi connectivity index (χ4v) is 3.74. The van der Waals surface area contributed by atoms with E-state index in [1.807, 2.05) is 42.5 Å². The third-order valence-corrected chi connectivity index (χ3v) is 6.15. The molecule has 0 bridgehead atoms.